The van der Waals surface area contributed by atoms with Gasteiger partial charge in [-0.2, -0.15) is 0 Å². The van der Waals surface area contributed by atoms with Gasteiger partial charge in [0.2, 0.25) is 5.91 Å². The Morgan fingerprint density at radius 2 is 1.93 bits per heavy atom. The van der Waals surface area contributed by atoms with Crippen LogP contribution in [-0.2, 0) is 4.79 Å². The van der Waals surface area contributed by atoms with Crippen molar-refractivity contribution in [1.29, 1.82) is 0 Å². The summed E-state index contributed by atoms with van der Waals surface area (Å²) in [6.45, 7) is 4.65. The molecule has 1 unspecified atom stereocenters. The molecule has 1 amide bonds. The zero-order valence-electron chi connectivity index (χ0n) is 10.3. The fraction of sp³-hybridized carbons (Fsp3) is 0.917. The van der Waals surface area contributed by atoms with Gasteiger partial charge in [-0.3, -0.25) is 4.79 Å². The van der Waals surface area contributed by atoms with E-state index < -0.39 is 0 Å². The molecule has 3 heteroatoms. The fourth-order valence-corrected chi connectivity index (χ4v) is 2.33. The van der Waals surface area contributed by atoms with Crippen LogP contribution in [0.2, 0.25) is 0 Å². The average Bonchev–Trinajstić information content (AvgIpc) is 2.27. The summed E-state index contributed by atoms with van der Waals surface area (Å²) < 4.78 is 0. The van der Waals surface area contributed by atoms with E-state index in [1.807, 2.05) is 18.9 Å². The van der Waals surface area contributed by atoms with Crippen molar-refractivity contribution in [2.75, 3.05) is 13.6 Å². The van der Waals surface area contributed by atoms with E-state index in [1.165, 1.54) is 19.3 Å². The highest BCUT2D eigenvalue weighted by atomic mass is 16.2. The second kappa shape index (κ2) is 4.97. The SMILES string of the molecule is CC(CN)N(C)C(=O)C1(C)CCCCC1. The Balaban J connectivity index is 2.65. The number of hydrogen-bond donors (Lipinski definition) is 1. The van der Waals surface area contributed by atoms with E-state index in [1.54, 1.807) is 0 Å². The smallest absolute Gasteiger partial charge is 0.228 e. The zero-order valence-corrected chi connectivity index (χ0v) is 10.3. The molecule has 0 saturated heterocycles. The number of hydrogen-bond acceptors (Lipinski definition) is 2. The quantitative estimate of drug-likeness (QED) is 0.775. The Bertz CT molecular complexity index is 222. The lowest BCUT2D eigenvalue weighted by Gasteiger charge is -2.37. The molecule has 1 saturated carbocycles. The number of nitrogens with zero attached hydrogens (tertiary/aromatic N) is 1. The standard InChI is InChI=1S/C12H24N2O/c1-10(9-13)14(3)11(15)12(2)7-5-4-6-8-12/h10H,4-9,13H2,1-3H3. The van der Waals surface area contributed by atoms with Crippen molar-refractivity contribution in [3.63, 3.8) is 0 Å². The fourth-order valence-electron chi connectivity index (χ4n) is 2.33. The Labute approximate surface area is 93.0 Å². The summed E-state index contributed by atoms with van der Waals surface area (Å²) in [6.07, 6.45) is 5.72. The van der Waals surface area contributed by atoms with Crippen LogP contribution in [0.4, 0.5) is 0 Å². The lowest BCUT2D eigenvalue weighted by Crippen LogP contribution is -2.47. The van der Waals surface area contributed by atoms with Crippen LogP contribution < -0.4 is 5.73 Å². The molecule has 0 heterocycles. The van der Waals surface area contributed by atoms with Gasteiger partial charge < -0.3 is 10.6 Å². The summed E-state index contributed by atoms with van der Waals surface area (Å²) in [5.74, 6) is 0.278. The van der Waals surface area contributed by atoms with E-state index >= 15 is 0 Å². The van der Waals surface area contributed by atoms with Gasteiger partial charge in [-0.05, 0) is 19.8 Å². The van der Waals surface area contributed by atoms with Gasteiger partial charge in [-0.1, -0.05) is 26.2 Å². The number of likely N-dealkylation sites (N-methyl/N-ethyl adjacent to an activating group) is 1. The van der Waals surface area contributed by atoms with E-state index in [0.29, 0.717) is 6.54 Å². The molecular weight excluding hydrogens is 188 g/mol. The Morgan fingerprint density at radius 3 is 2.40 bits per heavy atom. The molecular formula is C12H24N2O. The first-order chi connectivity index (χ1) is 7.01. The molecule has 0 bridgehead atoms. The summed E-state index contributed by atoms with van der Waals surface area (Å²) in [7, 11) is 1.87. The van der Waals surface area contributed by atoms with Gasteiger partial charge >= 0.3 is 0 Å². The van der Waals surface area contributed by atoms with Crippen molar-refractivity contribution in [2.24, 2.45) is 11.1 Å². The molecule has 3 nitrogen and oxygen atoms in total. The van der Waals surface area contributed by atoms with Crippen LogP contribution >= 0.6 is 0 Å². The molecule has 1 fully saturated rings. The Morgan fingerprint density at radius 1 is 1.40 bits per heavy atom. The summed E-state index contributed by atoms with van der Waals surface area (Å²) >= 11 is 0. The van der Waals surface area contributed by atoms with Crippen LogP contribution in [0.5, 0.6) is 0 Å². The number of rotatable bonds is 3. The van der Waals surface area contributed by atoms with Gasteiger partial charge in [0, 0.05) is 25.0 Å². The second-order valence-electron chi connectivity index (χ2n) is 5.12. The molecule has 2 N–H and O–H groups in total. The summed E-state index contributed by atoms with van der Waals surface area (Å²) in [5, 5.41) is 0. The van der Waals surface area contributed by atoms with Crippen LogP contribution in [0, 0.1) is 5.41 Å². The summed E-state index contributed by atoms with van der Waals surface area (Å²) in [6, 6.07) is 0.149. The van der Waals surface area contributed by atoms with Crippen molar-refractivity contribution in [3.8, 4) is 0 Å². The molecule has 1 aliphatic rings. The van der Waals surface area contributed by atoms with Crippen LogP contribution in [0.1, 0.15) is 46.0 Å². The van der Waals surface area contributed by atoms with Crippen molar-refractivity contribution in [3.05, 3.63) is 0 Å². The van der Waals surface area contributed by atoms with Crippen LogP contribution in [0.3, 0.4) is 0 Å². The molecule has 1 aliphatic carbocycles. The van der Waals surface area contributed by atoms with Gasteiger partial charge in [-0.25, -0.2) is 0 Å². The maximum absolute atomic E-state index is 12.3. The third kappa shape index (κ3) is 2.71. The second-order valence-corrected chi connectivity index (χ2v) is 5.12. The molecule has 0 spiro atoms. The van der Waals surface area contributed by atoms with E-state index in [-0.39, 0.29) is 17.4 Å². The predicted octanol–water partition coefficient (Wildman–Crippen LogP) is 1.76. The zero-order chi connectivity index (χ0) is 11.5. The Kier molecular flexibility index (Phi) is 4.14. The molecule has 0 aromatic heterocycles. The average molecular weight is 212 g/mol. The lowest BCUT2D eigenvalue weighted by atomic mass is 9.74. The topological polar surface area (TPSA) is 46.3 Å². The molecule has 88 valence electrons. The number of carbonyl (C=O) groups is 1. The molecule has 0 aromatic rings. The maximum Gasteiger partial charge on any atom is 0.228 e. The minimum atomic E-state index is -0.129. The monoisotopic (exact) mass is 212 g/mol. The van der Waals surface area contributed by atoms with E-state index in [2.05, 4.69) is 6.92 Å². The highest BCUT2D eigenvalue weighted by Crippen LogP contribution is 2.37. The molecule has 15 heavy (non-hydrogen) atoms. The normalized spacial score (nSPS) is 22.1. The largest absolute Gasteiger partial charge is 0.341 e. The number of carbonyl (C=O) groups excluding carboxylic acids is 1. The summed E-state index contributed by atoms with van der Waals surface area (Å²) in [5.41, 5.74) is 5.46. The van der Waals surface area contributed by atoms with Crippen molar-refractivity contribution < 1.29 is 4.79 Å². The van der Waals surface area contributed by atoms with Gasteiger partial charge in [0.15, 0.2) is 0 Å². The molecule has 0 radical (unpaired) electrons. The van der Waals surface area contributed by atoms with Gasteiger partial charge in [0.1, 0.15) is 0 Å². The van der Waals surface area contributed by atoms with Gasteiger partial charge in [-0.15, -0.1) is 0 Å². The predicted molar refractivity (Wildman–Crippen MR) is 62.5 cm³/mol. The first-order valence-electron chi connectivity index (χ1n) is 5.98. The molecule has 0 aromatic carbocycles. The van der Waals surface area contributed by atoms with Gasteiger partial charge in [0.05, 0.1) is 0 Å². The molecule has 0 aliphatic heterocycles. The lowest BCUT2D eigenvalue weighted by molar-refractivity contribution is -0.143. The minimum Gasteiger partial charge on any atom is -0.341 e. The molecule has 1 rings (SSSR count). The van der Waals surface area contributed by atoms with Gasteiger partial charge in [0.25, 0.3) is 0 Å². The number of amides is 1. The third-order valence-electron chi connectivity index (χ3n) is 3.80. The van der Waals surface area contributed by atoms with E-state index in [0.717, 1.165) is 12.8 Å². The number of nitrogens with two attached hydrogens (primary N) is 1. The van der Waals surface area contributed by atoms with Crippen LogP contribution in [0.25, 0.3) is 0 Å². The van der Waals surface area contributed by atoms with Crippen molar-refractivity contribution in [2.45, 2.75) is 52.0 Å². The first kappa shape index (κ1) is 12.5. The third-order valence-corrected chi connectivity index (χ3v) is 3.80. The highest BCUT2D eigenvalue weighted by molar-refractivity contribution is 5.82. The maximum atomic E-state index is 12.3. The first-order valence-corrected chi connectivity index (χ1v) is 5.98. The summed E-state index contributed by atoms with van der Waals surface area (Å²) in [4.78, 5) is 14.1. The van der Waals surface area contributed by atoms with Crippen LogP contribution in [0.15, 0.2) is 0 Å². The molecule has 1 atom stereocenters. The highest BCUT2D eigenvalue weighted by Gasteiger charge is 2.37. The van der Waals surface area contributed by atoms with E-state index in [4.69, 9.17) is 5.73 Å². The van der Waals surface area contributed by atoms with Crippen molar-refractivity contribution in [1.82, 2.24) is 4.90 Å². The Hall–Kier alpha value is -0.570. The minimum absolute atomic E-state index is 0.129. The van der Waals surface area contributed by atoms with E-state index in [9.17, 15) is 4.79 Å². The van der Waals surface area contributed by atoms with Crippen molar-refractivity contribution >= 4 is 5.91 Å². The van der Waals surface area contributed by atoms with Crippen LogP contribution in [-0.4, -0.2) is 30.4 Å².